The maximum atomic E-state index is 12.0. The lowest BCUT2D eigenvalue weighted by molar-refractivity contribution is -0.150. The van der Waals surface area contributed by atoms with Crippen LogP contribution < -0.4 is 5.32 Å². The van der Waals surface area contributed by atoms with Crippen molar-refractivity contribution in [2.75, 3.05) is 31.6 Å². The van der Waals surface area contributed by atoms with E-state index >= 15 is 0 Å². The van der Waals surface area contributed by atoms with E-state index in [2.05, 4.69) is 10.3 Å². The molecule has 1 aliphatic heterocycles. The molecule has 1 unspecified atom stereocenters. The summed E-state index contributed by atoms with van der Waals surface area (Å²) in [5.74, 6) is -0.361. The van der Waals surface area contributed by atoms with Gasteiger partial charge in [-0.25, -0.2) is 4.98 Å². The van der Waals surface area contributed by atoms with Gasteiger partial charge in [0.2, 0.25) is 5.91 Å². The lowest BCUT2D eigenvalue weighted by Crippen LogP contribution is -2.43. The number of likely N-dealkylation sites (tertiary alicyclic amines) is 1. The zero-order chi connectivity index (χ0) is 15.2. The summed E-state index contributed by atoms with van der Waals surface area (Å²) in [7, 11) is 0. The normalized spacial score (nSPS) is 19.2. The molecule has 1 aromatic rings. The van der Waals surface area contributed by atoms with Crippen molar-refractivity contribution in [1.29, 1.82) is 0 Å². The molecule has 2 heterocycles. The molecule has 0 bridgehead atoms. The molecule has 0 spiro atoms. The molecule has 1 aliphatic rings. The van der Waals surface area contributed by atoms with Crippen molar-refractivity contribution in [3.05, 3.63) is 11.1 Å². The van der Waals surface area contributed by atoms with Crippen LogP contribution in [-0.4, -0.2) is 48.0 Å². The van der Waals surface area contributed by atoms with Gasteiger partial charge in [-0.1, -0.05) is 0 Å². The SMILES string of the molecule is CCOC(=O)C1CCCN(CC(=O)Nc2nc(C)cs2)C1. The van der Waals surface area contributed by atoms with E-state index in [9.17, 15) is 9.59 Å². The highest BCUT2D eigenvalue weighted by Gasteiger charge is 2.27. The number of carbonyl (C=O) groups excluding carboxylic acids is 2. The van der Waals surface area contributed by atoms with Crippen LogP contribution in [0.15, 0.2) is 5.38 Å². The minimum atomic E-state index is -0.154. The molecule has 1 atom stereocenters. The lowest BCUT2D eigenvalue weighted by Gasteiger charge is -2.30. The van der Waals surface area contributed by atoms with E-state index in [4.69, 9.17) is 4.74 Å². The van der Waals surface area contributed by atoms with Gasteiger partial charge in [0.25, 0.3) is 0 Å². The molecular formula is C14H21N3O3S. The fraction of sp³-hybridized carbons (Fsp3) is 0.643. The summed E-state index contributed by atoms with van der Waals surface area (Å²) in [6.07, 6.45) is 1.75. The molecule has 1 saturated heterocycles. The number of hydrogen-bond donors (Lipinski definition) is 1. The number of thiazole rings is 1. The second-order valence-corrected chi connectivity index (χ2v) is 6.03. The quantitative estimate of drug-likeness (QED) is 0.838. The number of piperidine rings is 1. The number of hydrogen-bond acceptors (Lipinski definition) is 6. The monoisotopic (exact) mass is 311 g/mol. The van der Waals surface area contributed by atoms with Crippen LogP contribution in [0.2, 0.25) is 0 Å². The van der Waals surface area contributed by atoms with E-state index < -0.39 is 0 Å². The number of carbonyl (C=O) groups is 2. The number of aryl methyl sites for hydroxylation is 1. The smallest absolute Gasteiger partial charge is 0.310 e. The molecule has 1 N–H and O–H groups in total. The van der Waals surface area contributed by atoms with Crippen LogP contribution in [0.4, 0.5) is 5.13 Å². The van der Waals surface area contributed by atoms with Crippen LogP contribution in [0.5, 0.6) is 0 Å². The van der Waals surface area contributed by atoms with Crippen LogP contribution in [0.3, 0.4) is 0 Å². The van der Waals surface area contributed by atoms with Gasteiger partial charge in [0.1, 0.15) is 0 Å². The highest BCUT2D eigenvalue weighted by atomic mass is 32.1. The maximum Gasteiger partial charge on any atom is 0.310 e. The topological polar surface area (TPSA) is 71.5 Å². The van der Waals surface area contributed by atoms with Crippen LogP contribution in [-0.2, 0) is 14.3 Å². The second kappa shape index (κ2) is 7.51. The van der Waals surface area contributed by atoms with Gasteiger partial charge < -0.3 is 10.1 Å². The first-order valence-electron chi connectivity index (χ1n) is 7.19. The summed E-state index contributed by atoms with van der Waals surface area (Å²) in [6.45, 7) is 5.81. The van der Waals surface area contributed by atoms with Crippen molar-refractivity contribution < 1.29 is 14.3 Å². The molecule has 116 valence electrons. The lowest BCUT2D eigenvalue weighted by atomic mass is 9.98. The summed E-state index contributed by atoms with van der Waals surface area (Å²) < 4.78 is 5.06. The summed E-state index contributed by atoms with van der Waals surface area (Å²) in [4.78, 5) is 30.0. The van der Waals surface area contributed by atoms with Gasteiger partial charge in [-0.2, -0.15) is 0 Å². The third kappa shape index (κ3) is 4.78. The van der Waals surface area contributed by atoms with E-state index in [1.165, 1.54) is 11.3 Å². The third-order valence-electron chi connectivity index (χ3n) is 3.36. The number of esters is 1. The van der Waals surface area contributed by atoms with Crippen molar-refractivity contribution in [2.45, 2.75) is 26.7 Å². The van der Waals surface area contributed by atoms with Crippen molar-refractivity contribution in [3.8, 4) is 0 Å². The third-order valence-corrected chi connectivity index (χ3v) is 4.23. The Hall–Kier alpha value is -1.47. The second-order valence-electron chi connectivity index (χ2n) is 5.17. The molecule has 2 rings (SSSR count). The fourth-order valence-corrected chi connectivity index (χ4v) is 3.13. The molecule has 7 heteroatoms. The van der Waals surface area contributed by atoms with E-state index in [0.717, 1.165) is 25.1 Å². The summed E-state index contributed by atoms with van der Waals surface area (Å²) in [6, 6.07) is 0. The minimum Gasteiger partial charge on any atom is -0.466 e. The van der Waals surface area contributed by atoms with E-state index in [0.29, 0.717) is 18.3 Å². The Labute approximate surface area is 128 Å². The van der Waals surface area contributed by atoms with Crippen LogP contribution in [0.1, 0.15) is 25.5 Å². The van der Waals surface area contributed by atoms with Gasteiger partial charge in [-0.3, -0.25) is 14.5 Å². The molecule has 1 amide bonds. The minimum absolute atomic E-state index is 0.0890. The molecule has 0 aromatic carbocycles. The zero-order valence-corrected chi connectivity index (χ0v) is 13.2. The van der Waals surface area contributed by atoms with Crippen molar-refractivity contribution in [1.82, 2.24) is 9.88 Å². The number of ether oxygens (including phenoxy) is 1. The van der Waals surface area contributed by atoms with Gasteiger partial charge in [-0.05, 0) is 33.2 Å². The number of rotatable bonds is 5. The molecule has 1 aromatic heterocycles. The van der Waals surface area contributed by atoms with Gasteiger partial charge in [0.05, 0.1) is 24.8 Å². The van der Waals surface area contributed by atoms with E-state index in [1.54, 1.807) is 0 Å². The Morgan fingerprint density at radius 1 is 1.57 bits per heavy atom. The van der Waals surface area contributed by atoms with Gasteiger partial charge in [0.15, 0.2) is 5.13 Å². The number of nitrogens with zero attached hydrogens (tertiary/aromatic N) is 2. The standard InChI is InChI=1S/C14H21N3O3S/c1-3-20-13(19)11-5-4-6-17(7-11)8-12(18)16-14-15-10(2)9-21-14/h9,11H,3-8H2,1-2H3,(H,15,16,18). The van der Waals surface area contributed by atoms with E-state index in [1.807, 2.05) is 24.1 Å². The molecule has 0 aliphatic carbocycles. The van der Waals surface area contributed by atoms with Crippen LogP contribution >= 0.6 is 11.3 Å². The van der Waals surface area contributed by atoms with Crippen molar-refractivity contribution >= 4 is 28.3 Å². The zero-order valence-electron chi connectivity index (χ0n) is 12.4. The summed E-state index contributed by atoms with van der Waals surface area (Å²) in [5.41, 5.74) is 0.899. The fourth-order valence-electron chi connectivity index (χ4n) is 2.42. The van der Waals surface area contributed by atoms with Crippen molar-refractivity contribution in [3.63, 3.8) is 0 Å². The summed E-state index contributed by atoms with van der Waals surface area (Å²) >= 11 is 1.42. The van der Waals surface area contributed by atoms with Gasteiger partial charge >= 0.3 is 5.97 Å². The van der Waals surface area contributed by atoms with Gasteiger partial charge in [-0.15, -0.1) is 11.3 Å². The average molecular weight is 311 g/mol. The highest BCUT2D eigenvalue weighted by molar-refractivity contribution is 7.13. The molecule has 0 saturated carbocycles. The Balaban J connectivity index is 1.81. The Kier molecular flexibility index (Phi) is 5.69. The first-order chi connectivity index (χ1) is 10.1. The largest absolute Gasteiger partial charge is 0.466 e. The molecular weight excluding hydrogens is 290 g/mol. The number of aromatic nitrogens is 1. The number of anilines is 1. The summed E-state index contributed by atoms with van der Waals surface area (Å²) in [5, 5.41) is 5.31. The predicted molar refractivity (Wildman–Crippen MR) is 81.3 cm³/mol. The molecule has 1 fully saturated rings. The Morgan fingerprint density at radius 3 is 3.05 bits per heavy atom. The highest BCUT2D eigenvalue weighted by Crippen LogP contribution is 2.18. The average Bonchev–Trinajstić information content (AvgIpc) is 2.84. The molecule has 21 heavy (non-hydrogen) atoms. The van der Waals surface area contributed by atoms with Crippen molar-refractivity contribution in [2.24, 2.45) is 5.92 Å². The first-order valence-corrected chi connectivity index (χ1v) is 8.07. The van der Waals surface area contributed by atoms with E-state index in [-0.39, 0.29) is 24.3 Å². The number of nitrogens with one attached hydrogen (secondary N) is 1. The maximum absolute atomic E-state index is 12.0. The predicted octanol–water partition coefficient (Wildman–Crippen LogP) is 1.67. The van der Waals surface area contributed by atoms with Crippen LogP contribution in [0, 0.1) is 12.8 Å². The number of amides is 1. The van der Waals surface area contributed by atoms with Gasteiger partial charge in [0, 0.05) is 11.9 Å². The Bertz CT molecular complexity index is 503. The molecule has 6 nitrogen and oxygen atoms in total. The first kappa shape index (κ1) is 15.9. The Morgan fingerprint density at radius 2 is 2.38 bits per heavy atom. The molecule has 0 radical (unpaired) electrons. The van der Waals surface area contributed by atoms with Crippen LogP contribution in [0.25, 0.3) is 0 Å².